The molecule has 1 fully saturated rings. The molecule has 1 aromatic carbocycles. The zero-order valence-corrected chi connectivity index (χ0v) is 14.2. The van der Waals surface area contributed by atoms with E-state index in [0.29, 0.717) is 6.61 Å². The van der Waals surface area contributed by atoms with Gasteiger partial charge in [-0.05, 0) is 33.2 Å². The first kappa shape index (κ1) is 17.6. The van der Waals surface area contributed by atoms with E-state index in [9.17, 15) is 4.79 Å². The molecule has 23 heavy (non-hydrogen) atoms. The second-order valence-electron chi connectivity index (χ2n) is 6.16. The number of ether oxygens (including phenoxy) is 1. The average Bonchev–Trinajstić information content (AvgIpc) is 2.54. The van der Waals surface area contributed by atoms with E-state index in [2.05, 4.69) is 15.9 Å². The summed E-state index contributed by atoms with van der Waals surface area (Å²) in [5, 5.41) is 9.12. The lowest BCUT2D eigenvalue weighted by Gasteiger charge is -2.38. The summed E-state index contributed by atoms with van der Waals surface area (Å²) in [6.07, 6.45) is 0. The summed E-state index contributed by atoms with van der Waals surface area (Å²) in [7, 11) is 4.05. The van der Waals surface area contributed by atoms with Gasteiger partial charge in [0.15, 0.2) is 0 Å². The second-order valence-corrected chi connectivity index (χ2v) is 6.16. The van der Waals surface area contributed by atoms with Gasteiger partial charge < -0.3 is 19.6 Å². The van der Waals surface area contributed by atoms with Crippen molar-refractivity contribution >= 4 is 11.7 Å². The Balaban J connectivity index is 1.96. The molecule has 0 bridgehead atoms. The lowest BCUT2D eigenvalue weighted by Crippen LogP contribution is -2.51. The van der Waals surface area contributed by atoms with Crippen molar-refractivity contribution in [2.45, 2.75) is 13.0 Å². The maximum atomic E-state index is 11.1. The van der Waals surface area contributed by atoms with Crippen LogP contribution < -0.4 is 9.64 Å². The summed E-state index contributed by atoms with van der Waals surface area (Å²) in [5.41, 5.74) is 1.09. The second kappa shape index (κ2) is 8.17. The maximum absolute atomic E-state index is 11.1. The zero-order valence-electron chi connectivity index (χ0n) is 14.2. The van der Waals surface area contributed by atoms with Gasteiger partial charge in [-0.1, -0.05) is 12.1 Å². The van der Waals surface area contributed by atoms with Gasteiger partial charge in [0.2, 0.25) is 0 Å². The van der Waals surface area contributed by atoms with Crippen molar-refractivity contribution in [1.82, 2.24) is 9.80 Å². The fourth-order valence-electron chi connectivity index (χ4n) is 2.68. The Morgan fingerprint density at radius 2 is 1.91 bits per heavy atom. The van der Waals surface area contributed by atoms with Crippen LogP contribution in [0, 0.1) is 0 Å². The molecule has 0 radical (unpaired) electrons. The molecule has 1 atom stereocenters. The Morgan fingerprint density at radius 1 is 1.26 bits per heavy atom. The number of carboxylic acids is 1. The van der Waals surface area contributed by atoms with Gasteiger partial charge >= 0.3 is 5.97 Å². The number of para-hydroxylation sites is 2. The molecule has 1 aliphatic rings. The van der Waals surface area contributed by atoms with Gasteiger partial charge in [0.25, 0.3) is 0 Å². The van der Waals surface area contributed by atoms with E-state index in [0.717, 1.165) is 44.2 Å². The van der Waals surface area contributed by atoms with Gasteiger partial charge in [-0.2, -0.15) is 0 Å². The van der Waals surface area contributed by atoms with Gasteiger partial charge in [0, 0.05) is 32.7 Å². The first-order chi connectivity index (χ1) is 11.0. The lowest BCUT2D eigenvalue weighted by atomic mass is 10.2. The fraction of sp³-hybridized carbons (Fsp3) is 0.588. The van der Waals surface area contributed by atoms with E-state index < -0.39 is 12.0 Å². The monoisotopic (exact) mass is 321 g/mol. The molecule has 2 rings (SSSR count). The molecule has 1 N–H and O–H groups in total. The van der Waals surface area contributed by atoms with Gasteiger partial charge in [-0.25, -0.2) is 0 Å². The third-order valence-corrected chi connectivity index (χ3v) is 4.22. The maximum Gasteiger partial charge on any atom is 0.320 e. The third kappa shape index (κ3) is 4.84. The summed E-state index contributed by atoms with van der Waals surface area (Å²) in [6.45, 7) is 6.39. The van der Waals surface area contributed by atoms with Crippen molar-refractivity contribution in [3.05, 3.63) is 24.3 Å². The van der Waals surface area contributed by atoms with E-state index in [1.165, 1.54) is 0 Å². The molecule has 6 heteroatoms. The molecule has 1 unspecified atom stereocenters. The van der Waals surface area contributed by atoms with Crippen molar-refractivity contribution < 1.29 is 14.6 Å². The van der Waals surface area contributed by atoms with Crippen LogP contribution in [0.2, 0.25) is 0 Å². The van der Waals surface area contributed by atoms with E-state index >= 15 is 0 Å². The highest BCUT2D eigenvalue weighted by Crippen LogP contribution is 2.29. The highest BCUT2D eigenvalue weighted by Gasteiger charge is 2.26. The number of anilines is 1. The van der Waals surface area contributed by atoms with Gasteiger partial charge in [-0.3, -0.25) is 9.69 Å². The first-order valence-corrected chi connectivity index (χ1v) is 8.07. The van der Waals surface area contributed by atoms with Crippen LogP contribution in [0.1, 0.15) is 6.92 Å². The van der Waals surface area contributed by atoms with E-state index in [4.69, 9.17) is 9.84 Å². The van der Waals surface area contributed by atoms with Crippen LogP contribution in [0.4, 0.5) is 5.69 Å². The number of benzene rings is 1. The molecule has 0 aromatic heterocycles. The van der Waals surface area contributed by atoms with Gasteiger partial charge in [0.1, 0.15) is 18.4 Å². The van der Waals surface area contributed by atoms with Crippen LogP contribution >= 0.6 is 0 Å². The molecular formula is C17H27N3O3. The molecular weight excluding hydrogens is 294 g/mol. The highest BCUT2D eigenvalue weighted by molar-refractivity contribution is 5.73. The number of rotatable bonds is 7. The highest BCUT2D eigenvalue weighted by atomic mass is 16.5. The Hall–Kier alpha value is -1.79. The summed E-state index contributed by atoms with van der Waals surface area (Å²) in [4.78, 5) is 17.5. The number of carboxylic acid groups (broad SMARTS) is 1. The number of hydrogen-bond donors (Lipinski definition) is 1. The van der Waals surface area contributed by atoms with Crippen LogP contribution in [0.5, 0.6) is 5.75 Å². The SMILES string of the molecule is CC(C(=O)O)N1CCN(c2ccccc2OCCN(C)C)CC1. The molecule has 0 aliphatic carbocycles. The molecule has 0 amide bonds. The molecule has 1 aliphatic heterocycles. The first-order valence-electron chi connectivity index (χ1n) is 8.07. The van der Waals surface area contributed by atoms with Crippen LogP contribution in [0.3, 0.4) is 0 Å². The van der Waals surface area contributed by atoms with E-state index in [-0.39, 0.29) is 0 Å². The predicted molar refractivity (Wildman–Crippen MR) is 91.4 cm³/mol. The minimum atomic E-state index is -0.758. The molecule has 1 heterocycles. The molecule has 128 valence electrons. The van der Waals surface area contributed by atoms with E-state index in [1.54, 1.807) is 6.92 Å². The van der Waals surface area contributed by atoms with Crippen molar-refractivity contribution in [3.8, 4) is 5.75 Å². The van der Waals surface area contributed by atoms with E-state index in [1.807, 2.05) is 37.2 Å². The predicted octanol–water partition coefficient (Wildman–Crippen LogP) is 1.22. The third-order valence-electron chi connectivity index (χ3n) is 4.22. The fourth-order valence-corrected chi connectivity index (χ4v) is 2.68. The molecule has 0 saturated carbocycles. The Morgan fingerprint density at radius 3 is 2.52 bits per heavy atom. The van der Waals surface area contributed by atoms with Gasteiger partial charge in [0.05, 0.1) is 5.69 Å². The smallest absolute Gasteiger partial charge is 0.320 e. The summed E-state index contributed by atoms with van der Waals surface area (Å²) < 4.78 is 5.92. The largest absolute Gasteiger partial charge is 0.490 e. The number of aliphatic carboxylic acids is 1. The van der Waals surface area contributed by atoms with Crippen LogP contribution in [0.25, 0.3) is 0 Å². The Kier molecular flexibility index (Phi) is 6.24. The normalized spacial score (nSPS) is 17.3. The minimum absolute atomic E-state index is 0.427. The van der Waals surface area contributed by atoms with Gasteiger partial charge in [-0.15, -0.1) is 0 Å². The van der Waals surface area contributed by atoms with Crippen molar-refractivity contribution in [3.63, 3.8) is 0 Å². The molecule has 6 nitrogen and oxygen atoms in total. The number of carbonyl (C=O) groups is 1. The van der Waals surface area contributed by atoms with Crippen molar-refractivity contribution in [1.29, 1.82) is 0 Å². The minimum Gasteiger partial charge on any atom is -0.490 e. The van der Waals surface area contributed by atoms with Crippen molar-refractivity contribution in [2.75, 3.05) is 58.3 Å². The van der Waals surface area contributed by atoms with Crippen LogP contribution in [-0.4, -0.2) is 80.3 Å². The zero-order chi connectivity index (χ0) is 16.8. The average molecular weight is 321 g/mol. The lowest BCUT2D eigenvalue weighted by molar-refractivity contribution is -0.142. The molecule has 0 spiro atoms. The number of likely N-dealkylation sites (N-methyl/N-ethyl adjacent to an activating group) is 1. The molecule has 1 aromatic rings. The Labute approximate surface area is 138 Å². The van der Waals surface area contributed by atoms with Crippen LogP contribution in [-0.2, 0) is 4.79 Å². The van der Waals surface area contributed by atoms with Crippen LogP contribution in [0.15, 0.2) is 24.3 Å². The topological polar surface area (TPSA) is 56.3 Å². The summed E-state index contributed by atoms with van der Waals surface area (Å²) in [6, 6.07) is 7.64. The summed E-state index contributed by atoms with van der Waals surface area (Å²) >= 11 is 0. The standard InChI is InChI=1S/C17H27N3O3/c1-14(17(21)22)19-8-10-20(11-9-19)15-6-4-5-7-16(15)23-13-12-18(2)3/h4-7,14H,8-13H2,1-3H3,(H,21,22). The molecule has 1 saturated heterocycles. The summed E-state index contributed by atoms with van der Waals surface area (Å²) in [5.74, 6) is 0.139. The Bertz CT molecular complexity index is 514. The number of hydrogen-bond acceptors (Lipinski definition) is 5. The number of nitrogens with zero attached hydrogens (tertiary/aromatic N) is 3. The number of piperazine rings is 1. The van der Waals surface area contributed by atoms with Crippen molar-refractivity contribution in [2.24, 2.45) is 0 Å². The quantitative estimate of drug-likeness (QED) is 0.815.